The molecular formula is C24H31NO5. The number of hydrogen-bond donors (Lipinski definition) is 0. The van der Waals surface area contributed by atoms with Gasteiger partial charge in [0.2, 0.25) is 5.91 Å². The molecule has 1 aromatic heterocycles. The van der Waals surface area contributed by atoms with Crippen LogP contribution >= 0.6 is 0 Å². The molecule has 6 nitrogen and oxygen atoms in total. The second-order valence-electron chi connectivity index (χ2n) is 7.76. The molecule has 0 radical (unpaired) electrons. The summed E-state index contributed by atoms with van der Waals surface area (Å²) in [5, 5.41) is 1.02. The Bertz CT molecular complexity index is 972. The molecule has 1 saturated heterocycles. The van der Waals surface area contributed by atoms with Crippen molar-refractivity contribution in [3.05, 3.63) is 35.1 Å². The number of ether oxygens (including phenoxy) is 2. The van der Waals surface area contributed by atoms with Crippen LogP contribution in [0, 0.1) is 19.8 Å². The normalized spacial score (nSPS) is 17.3. The average Bonchev–Trinajstić information content (AvgIpc) is 3.00. The number of aryl methyl sites for hydroxylation is 2. The molecule has 0 spiro atoms. The van der Waals surface area contributed by atoms with E-state index in [0.717, 1.165) is 46.3 Å². The van der Waals surface area contributed by atoms with Gasteiger partial charge in [0.15, 0.2) is 0 Å². The van der Waals surface area contributed by atoms with Crippen LogP contribution in [0.5, 0.6) is 5.75 Å². The van der Waals surface area contributed by atoms with Gasteiger partial charge in [-0.25, -0.2) is 0 Å². The number of rotatable bonds is 6. The number of esters is 1. The Morgan fingerprint density at radius 2 is 2.00 bits per heavy atom. The maximum absolute atomic E-state index is 12.9. The van der Waals surface area contributed by atoms with Crippen molar-refractivity contribution in [2.75, 3.05) is 26.3 Å². The minimum absolute atomic E-state index is 0.0934. The summed E-state index contributed by atoms with van der Waals surface area (Å²) in [6.45, 7) is 11.5. The van der Waals surface area contributed by atoms with E-state index in [1.165, 1.54) is 0 Å². The van der Waals surface area contributed by atoms with Crippen molar-refractivity contribution < 1.29 is 23.5 Å². The minimum atomic E-state index is -0.247. The van der Waals surface area contributed by atoms with Crippen molar-refractivity contribution in [3.63, 3.8) is 0 Å². The lowest BCUT2D eigenvalue weighted by molar-refractivity contribution is -0.150. The molecule has 162 valence electrons. The van der Waals surface area contributed by atoms with Crippen LogP contribution in [0.15, 0.2) is 22.6 Å². The number of nitrogens with zero attached hydrogens (tertiary/aromatic N) is 1. The van der Waals surface area contributed by atoms with Crippen LogP contribution < -0.4 is 4.74 Å². The Balaban J connectivity index is 1.87. The van der Waals surface area contributed by atoms with Crippen molar-refractivity contribution >= 4 is 28.4 Å². The third-order valence-electron chi connectivity index (χ3n) is 5.69. The molecule has 1 amide bonds. The summed E-state index contributed by atoms with van der Waals surface area (Å²) in [5.41, 5.74) is 3.56. The first kappa shape index (κ1) is 21.9. The molecule has 0 saturated carbocycles. The standard InChI is InChI=1S/C24H31NO5/c1-6-28-21-13-22-20(16(4)17(5)30-22)12-19(21)15(3)11-23(26)25-10-8-9-18(14-25)24(27)29-7-2/h11-13,18H,6-10,14H2,1-5H3/b15-11+. The Morgan fingerprint density at radius 3 is 2.70 bits per heavy atom. The number of allylic oxidation sites excluding steroid dienone is 1. The Labute approximate surface area is 177 Å². The fraction of sp³-hybridized carbons (Fsp3) is 0.500. The molecule has 2 heterocycles. The Kier molecular flexibility index (Phi) is 6.85. The molecule has 0 aliphatic carbocycles. The highest BCUT2D eigenvalue weighted by Gasteiger charge is 2.28. The molecule has 3 rings (SSSR count). The van der Waals surface area contributed by atoms with Crippen LogP contribution in [0.2, 0.25) is 0 Å². The molecule has 1 fully saturated rings. The van der Waals surface area contributed by atoms with Crippen LogP contribution in [0.1, 0.15) is 50.5 Å². The second-order valence-corrected chi connectivity index (χ2v) is 7.76. The van der Waals surface area contributed by atoms with E-state index in [2.05, 4.69) is 0 Å². The summed E-state index contributed by atoms with van der Waals surface area (Å²) in [5.74, 6) is 1.02. The van der Waals surface area contributed by atoms with E-state index in [1.54, 1.807) is 17.9 Å². The molecule has 1 aromatic carbocycles. The monoisotopic (exact) mass is 413 g/mol. The number of piperidine rings is 1. The molecule has 6 heteroatoms. The first-order valence-corrected chi connectivity index (χ1v) is 10.7. The van der Waals surface area contributed by atoms with Gasteiger partial charge in [-0.1, -0.05) is 0 Å². The van der Waals surface area contributed by atoms with E-state index < -0.39 is 0 Å². The number of hydrogen-bond acceptors (Lipinski definition) is 5. The van der Waals surface area contributed by atoms with E-state index in [9.17, 15) is 9.59 Å². The summed E-state index contributed by atoms with van der Waals surface area (Å²) >= 11 is 0. The number of fused-ring (bicyclic) bond motifs is 1. The van der Waals surface area contributed by atoms with Gasteiger partial charge in [0.1, 0.15) is 17.1 Å². The maximum Gasteiger partial charge on any atom is 0.310 e. The number of carbonyl (C=O) groups is 2. The predicted molar refractivity (Wildman–Crippen MR) is 116 cm³/mol. The van der Waals surface area contributed by atoms with Crippen molar-refractivity contribution in [2.45, 2.75) is 47.5 Å². The van der Waals surface area contributed by atoms with E-state index in [4.69, 9.17) is 13.9 Å². The average molecular weight is 414 g/mol. The molecular weight excluding hydrogens is 382 g/mol. The third-order valence-corrected chi connectivity index (χ3v) is 5.69. The molecule has 0 N–H and O–H groups in total. The third kappa shape index (κ3) is 4.53. The maximum atomic E-state index is 12.9. The van der Waals surface area contributed by atoms with Crippen LogP contribution in [0.25, 0.3) is 16.5 Å². The lowest BCUT2D eigenvalue weighted by Crippen LogP contribution is -2.42. The Morgan fingerprint density at radius 1 is 1.23 bits per heavy atom. The fourth-order valence-electron chi connectivity index (χ4n) is 3.94. The van der Waals surface area contributed by atoms with E-state index in [1.807, 2.05) is 39.8 Å². The van der Waals surface area contributed by atoms with Crippen molar-refractivity contribution in [3.8, 4) is 5.75 Å². The first-order chi connectivity index (χ1) is 14.3. The van der Waals surface area contributed by atoms with Crippen LogP contribution in [0.3, 0.4) is 0 Å². The topological polar surface area (TPSA) is 69.0 Å². The van der Waals surface area contributed by atoms with Gasteiger partial charge in [0.25, 0.3) is 0 Å². The van der Waals surface area contributed by atoms with Gasteiger partial charge in [0, 0.05) is 36.2 Å². The van der Waals surface area contributed by atoms with Gasteiger partial charge in [-0.15, -0.1) is 0 Å². The molecule has 1 atom stereocenters. The molecule has 2 aromatic rings. The highest BCUT2D eigenvalue weighted by Crippen LogP contribution is 2.35. The summed E-state index contributed by atoms with van der Waals surface area (Å²) in [7, 11) is 0. The van der Waals surface area contributed by atoms with Gasteiger partial charge in [-0.2, -0.15) is 0 Å². The quantitative estimate of drug-likeness (QED) is 0.509. The smallest absolute Gasteiger partial charge is 0.310 e. The second kappa shape index (κ2) is 9.37. The van der Waals surface area contributed by atoms with Gasteiger partial charge >= 0.3 is 5.97 Å². The zero-order chi connectivity index (χ0) is 21.8. The fourth-order valence-corrected chi connectivity index (χ4v) is 3.94. The van der Waals surface area contributed by atoms with Gasteiger partial charge in [-0.3, -0.25) is 9.59 Å². The van der Waals surface area contributed by atoms with Crippen molar-refractivity contribution in [2.24, 2.45) is 5.92 Å². The van der Waals surface area contributed by atoms with Crippen molar-refractivity contribution in [1.82, 2.24) is 4.90 Å². The van der Waals surface area contributed by atoms with Crippen LogP contribution in [0.4, 0.5) is 0 Å². The lowest BCUT2D eigenvalue weighted by atomic mass is 9.97. The molecule has 30 heavy (non-hydrogen) atoms. The highest BCUT2D eigenvalue weighted by molar-refractivity contribution is 5.97. The molecule has 1 aliphatic heterocycles. The van der Waals surface area contributed by atoms with Crippen LogP contribution in [-0.4, -0.2) is 43.1 Å². The van der Waals surface area contributed by atoms with Gasteiger partial charge < -0.3 is 18.8 Å². The van der Waals surface area contributed by atoms with Crippen LogP contribution in [-0.2, 0) is 14.3 Å². The highest BCUT2D eigenvalue weighted by atomic mass is 16.5. The van der Waals surface area contributed by atoms with E-state index >= 15 is 0 Å². The number of likely N-dealkylation sites (tertiary alicyclic amines) is 1. The van der Waals surface area contributed by atoms with Gasteiger partial charge in [-0.05, 0) is 64.7 Å². The molecule has 0 bridgehead atoms. The number of amides is 1. The van der Waals surface area contributed by atoms with Gasteiger partial charge in [0.05, 0.1) is 19.1 Å². The molecule has 1 aliphatic rings. The summed E-state index contributed by atoms with van der Waals surface area (Å²) in [6.07, 6.45) is 3.20. The van der Waals surface area contributed by atoms with E-state index in [-0.39, 0.29) is 17.8 Å². The minimum Gasteiger partial charge on any atom is -0.493 e. The lowest BCUT2D eigenvalue weighted by Gasteiger charge is -2.31. The summed E-state index contributed by atoms with van der Waals surface area (Å²) < 4.78 is 16.8. The largest absolute Gasteiger partial charge is 0.493 e. The zero-order valence-electron chi connectivity index (χ0n) is 18.5. The number of benzene rings is 1. The number of carbonyl (C=O) groups excluding carboxylic acids is 2. The number of furan rings is 1. The van der Waals surface area contributed by atoms with E-state index in [0.29, 0.717) is 32.1 Å². The molecule has 1 unspecified atom stereocenters. The summed E-state index contributed by atoms with van der Waals surface area (Å²) in [4.78, 5) is 26.8. The SMILES string of the molecule is CCOC(=O)C1CCCN(C(=O)/C=C(\C)c2cc3c(C)c(C)oc3cc2OCC)C1. The Hall–Kier alpha value is -2.76. The zero-order valence-corrected chi connectivity index (χ0v) is 18.5. The summed E-state index contributed by atoms with van der Waals surface area (Å²) in [6, 6.07) is 3.93. The van der Waals surface area contributed by atoms with Crippen molar-refractivity contribution in [1.29, 1.82) is 0 Å². The first-order valence-electron chi connectivity index (χ1n) is 10.7. The predicted octanol–water partition coefficient (Wildman–Crippen LogP) is 4.65.